The van der Waals surface area contributed by atoms with E-state index in [4.69, 9.17) is 9.05 Å². The summed E-state index contributed by atoms with van der Waals surface area (Å²) in [6.07, 6.45) is 50.1. The Balaban J connectivity index is 4.30. The van der Waals surface area contributed by atoms with Gasteiger partial charge in [0.25, 0.3) is 7.82 Å². The molecule has 0 aromatic heterocycles. The lowest BCUT2D eigenvalue weighted by molar-refractivity contribution is -0.870. The maximum absolute atomic E-state index is 12.9. The second-order valence-electron chi connectivity index (χ2n) is 18.3. The van der Waals surface area contributed by atoms with Crippen LogP contribution in [0.1, 0.15) is 213 Å². The molecule has 1 amide bonds. The van der Waals surface area contributed by atoms with E-state index >= 15 is 0 Å². The second kappa shape index (κ2) is 42.4. The van der Waals surface area contributed by atoms with Crippen molar-refractivity contribution in [2.45, 2.75) is 231 Å². The van der Waals surface area contributed by atoms with Crippen LogP contribution < -0.4 is 10.2 Å². The molecule has 358 valence electrons. The largest absolute Gasteiger partial charge is 0.756 e. The molecule has 0 rings (SSSR count). The van der Waals surface area contributed by atoms with E-state index in [2.05, 4.69) is 67.8 Å². The minimum atomic E-state index is -4.67. The first kappa shape index (κ1) is 59.4. The highest BCUT2D eigenvalue weighted by atomic mass is 31.2. The molecule has 0 heterocycles. The fraction of sp³-hybridized carbons (Fsp3) is 0.824. The zero-order chi connectivity index (χ0) is 45.1. The Hall–Kier alpha value is -1.58. The van der Waals surface area contributed by atoms with Crippen molar-refractivity contribution in [1.29, 1.82) is 0 Å². The number of quaternary nitrogens is 1. The Kier molecular flexibility index (Phi) is 41.3. The van der Waals surface area contributed by atoms with Gasteiger partial charge in [-0.2, -0.15) is 0 Å². The molecule has 0 radical (unpaired) electrons. The first-order valence-corrected chi connectivity index (χ1v) is 26.5. The van der Waals surface area contributed by atoms with Crippen LogP contribution in [0.15, 0.2) is 48.6 Å². The Morgan fingerprint density at radius 3 is 1.51 bits per heavy atom. The van der Waals surface area contributed by atoms with Gasteiger partial charge in [0.15, 0.2) is 0 Å². The summed E-state index contributed by atoms with van der Waals surface area (Å²) in [4.78, 5) is 25.4. The predicted octanol–water partition coefficient (Wildman–Crippen LogP) is 12.8. The van der Waals surface area contributed by atoms with Crippen LogP contribution in [0, 0.1) is 0 Å². The van der Waals surface area contributed by atoms with E-state index in [9.17, 15) is 24.5 Å². The fourth-order valence-corrected chi connectivity index (χ4v) is 7.91. The van der Waals surface area contributed by atoms with Crippen molar-refractivity contribution in [1.82, 2.24) is 5.32 Å². The summed E-state index contributed by atoms with van der Waals surface area (Å²) in [7, 11) is 1.12. The number of hydrogen-bond acceptors (Lipinski definition) is 7. The normalized spacial score (nSPS) is 15.1. The van der Waals surface area contributed by atoms with Gasteiger partial charge in [0.1, 0.15) is 19.3 Å². The van der Waals surface area contributed by atoms with E-state index in [0.29, 0.717) is 23.9 Å². The fourth-order valence-electron chi connectivity index (χ4n) is 7.19. The predicted molar refractivity (Wildman–Crippen MR) is 257 cm³/mol. The summed E-state index contributed by atoms with van der Waals surface area (Å²) in [5.74, 6) is -0.282. The molecule has 0 saturated heterocycles. The van der Waals surface area contributed by atoms with Crippen LogP contribution in [-0.4, -0.2) is 79.8 Å². The van der Waals surface area contributed by atoms with Gasteiger partial charge < -0.3 is 34.0 Å². The van der Waals surface area contributed by atoms with E-state index in [1.54, 1.807) is 0 Å². The number of aliphatic hydroxyl groups is 2. The number of rotatable bonds is 45. The van der Waals surface area contributed by atoms with Crippen molar-refractivity contribution in [3.63, 3.8) is 0 Å². The number of carbonyl (C=O) groups excluding carboxylic acids is 1. The van der Waals surface area contributed by atoms with Gasteiger partial charge >= 0.3 is 0 Å². The smallest absolute Gasteiger partial charge is 0.268 e. The van der Waals surface area contributed by atoms with E-state index in [1.807, 2.05) is 21.1 Å². The first-order chi connectivity index (χ1) is 29.4. The molecule has 0 aliphatic heterocycles. The molecule has 4 unspecified atom stereocenters. The highest BCUT2D eigenvalue weighted by Gasteiger charge is 2.29. The van der Waals surface area contributed by atoms with Crippen molar-refractivity contribution in [3.05, 3.63) is 48.6 Å². The minimum Gasteiger partial charge on any atom is -0.756 e. The van der Waals surface area contributed by atoms with Crippen molar-refractivity contribution in [3.8, 4) is 0 Å². The zero-order valence-corrected chi connectivity index (χ0v) is 41.1. The molecular weight excluding hydrogens is 784 g/mol. The van der Waals surface area contributed by atoms with E-state index in [1.165, 1.54) is 116 Å². The van der Waals surface area contributed by atoms with Crippen LogP contribution in [0.25, 0.3) is 0 Å². The lowest BCUT2D eigenvalue weighted by atomic mass is 9.99. The molecule has 61 heavy (non-hydrogen) atoms. The quantitative estimate of drug-likeness (QED) is 0.0240. The van der Waals surface area contributed by atoms with Gasteiger partial charge in [-0.15, -0.1) is 0 Å². The molecule has 0 aromatic rings. The van der Waals surface area contributed by atoms with Crippen LogP contribution in [0.4, 0.5) is 0 Å². The highest BCUT2D eigenvalue weighted by Crippen LogP contribution is 2.38. The van der Waals surface area contributed by atoms with Crippen LogP contribution in [-0.2, 0) is 18.4 Å². The number of allylic oxidation sites excluding steroid dienone is 8. The summed E-state index contributed by atoms with van der Waals surface area (Å²) >= 11 is 0. The van der Waals surface area contributed by atoms with Crippen molar-refractivity contribution < 1.29 is 38.0 Å². The average Bonchev–Trinajstić information content (AvgIpc) is 3.21. The summed E-state index contributed by atoms with van der Waals surface area (Å²) in [6.45, 7) is 4.32. The number of phosphoric ester groups is 1. The summed E-state index contributed by atoms with van der Waals surface area (Å²) in [6, 6.07) is -1.07. The van der Waals surface area contributed by atoms with Crippen molar-refractivity contribution in [2.75, 3.05) is 40.9 Å². The maximum atomic E-state index is 12.9. The van der Waals surface area contributed by atoms with Gasteiger partial charge in [-0.1, -0.05) is 204 Å². The third kappa shape index (κ3) is 43.5. The Morgan fingerprint density at radius 1 is 0.607 bits per heavy atom. The minimum absolute atomic E-state index is 0.0420. The van der Waals surface area contributed by atoms with E-state index in [0.717, 1.165) is 64.2 Å². The third-order valence-electron chi connectivity index (χ3n) is 11.2. The molecule has 0 aromatic carbocycles. The lowest BCUT2D eigenvalue weighted by Crippen LogP contribution is -2.51. The molecule has 0 spiro atoms. The second-order valence-corrected chi connectivity index (χ2v) is 19.7. The summed E-state index contributed by atoms with van der Waals surface area (Å²) in [5.41, 5.74) is 0. The first-order valence-electron chi connectivity index (χ1n) is 25.1. The molecule has 10 heteroatoms. The number of carbonyl (C=O) groups is 1. The van der Waals surface area contributed by atoms with Crippen LogP contribution >= 0.6 is 7.82 Å². The number of nitrogens with one attached hydrogen (secondary N) is 1. The number of hydrogen-bond donors (Lipinski definition) is 3. The SMILES string of the molecule is CC/C=C\C/C=C\C/C=C\C/C=C\CCCCCCCCCCCCCCC(=O)NC(COP(=O)([O-])OCC[N+](C)(C)C)C(O)C(O)CCCCCCCCCCCCCC. The third-order valence-corrected chi connectivity index (χ3v) is 12.1. The lowest BCUT2D eigenvalue weighted by Gasteiger charge is -2.31. The molecule has 9 nitrogen and oxygen atoms in total. The number of likely N-dealkylation sites (N-methyl/N-ethyl adjacent to an activating group) is 1. The van der Waals surface area contributed by atoms with Gasteiger partial charge in [0, 0.05) is 6.42 Å². The van der Waals surface area contributed by atoms with Crippen molar-refractivity contribution in [2.24, 2.45) is 0 Å². The molecule has 0 saturated carbocycles. The monoisotopic (exact) mass is 881 g/mol. The number of unbranched alkanes of at least 4 members (excludes halogenated alkanes) is 23. The van der Waals surface area contributed by atoms with Crippen molar-refractivity contribution >= 4 is 13.7 Å². The van der Waals surface area contributed by atoms with Gasteiger partial charge in [-0.05, 0) is 51.4 Å². The molecule has 3 N–H and O–H groups in total. The zero-order valence-electron chi connectivity index (χ0n) is 40.2. The van der Waals surface area contributed by atoms with Gasteiger partial charge in [-0.3, -0.25) is 9.36 Å². The Morgan fingerprint density at radius 2 is 1.03 bits per heavy atom. The Bertz CT molecular complexity index is 1150. The summed E-state index contributed by atoms with van der Waals surface area (Å²) in [5, 5.41) is 24.7. The molecule has 0 aliphatic rings. The maximum Gasteiger partial charge on any atom is 0.268 e. The highest BCUT2D eigenvalue weighted by molar-refractivity contribution is 7.45. The van der Waals surface area contributed by atoms with E-state index < -0.39 is 32.7 Å². The van der Waals surface area contributed by atoms with Gasteiger partial charge in [-0.25, -0.2) is 0 Å². The van der Waals surface area contributed by atoms with Crippen LogP contribution in [0.2, 0.25) is 0 Å². The standard InChI is InChI=1S/C51H97N2O7P/c1-6-8-10-12-14-16-18-20-21-22-23-24-25-26-27-28-29-30-31-32-34-36-38-40-42-44-50(55)52-48(47-60-61(57,58)59-46-45-53(3,4)5)51(56)49(54)43-41-39-37-35-33-19-17-15-13-11-9-7-2/h8,10,14,16,20-21,23-24,48-49,51,54,56H,6-7,9,11-13,15,17-19,22,25-47H2,1-5H3,(H-,52,55,57,58)/b10-8-,16-14-,21-20-,24-23-. The Labute approximate surface area is 376 Å². The number of phosphoric acid groups is 1. The van der Waals surface area contributed by atoms with E-state index in [-0.39, 0.29) is 18.9 Å². The number of nitrogens with zero attached hydrogens (tertiary/aromatic N) is 1. The molecule has 0 bridgehead atoms. The molecular formula is C51H97N2O7P. The topological polar surface area (TPSA) is 128 Å². The van der Waals surface area contributed by atoms with Crippen LogP contribution in [0.3, 0.4) is 0 Å². The average molecular weight is 881 g/mol. The van der Waals surface area contributed by atoms with Gasteiger partial charge in [0.05, 0.1) is 39.9 Å². The number of aliphatic hydroxyl groups excluding tert-OH is 2. The molecule has 0 fully saturated rings. The number of amides is 1. The molecule has 0 aliphatic carbocycles. The van der Waals surface area contributed by atoms with Crippen LogP contribution in [0.5, 0.6) is 0 Å². The van der Waals surface area contributed by atoms with Gasteiger partial charge in [0.2, 0.25) is 5.91 Å². The summed E-state index contributed by atoms with van der Waals surface area (Å²) < 4.78 is 23.2. The molecule has 4 atom stereocenters.